The molecule has 2 aromatic rings. The van der Waals surface area contributed by atoms with Crippen molar-refractivity contribution in [1.29, 1.82) is 0 Å². The van der Waals surface area contributed by atoms with E-state index >= 15 is 0 Å². The molecule has 0 N–H and O–H groups in total. The van der Waals surface area contributed by atoms with E-state index < -0.39 is 5.97 Å². The van der Waals surface area contributed by atoms with Crippen LogP contribution in [0.15, 0.2) is 36.9 Å². The molecule has 0 saturated carbocycles. The molecule has 82 valence electrons. The quantitative estimate of drug-likeness (QED) is 0.730. The van der Waals surface area contributed by atoms with Gasteiger partial charge in [0.2, 0.25) is 0 Å². The van der Waals surface area contributed by atoms with Crippen LogP contribution >= 0.6 is 0 Å². The molecule has 16 heavy (non-hydrogen) atoms. The molecular weight excluding hydrogens is 206 g/mol. The van der Waals surface area contributed by atoms with Crippen molar-refractivity contribution >= 4 is 5.97 Å². The molecule has 0 unspecified atom stereocenters. The van der Waals surface area contributed by atoms with Crippen molar-refractivity contribution in [3.63, 3.8) is 0 Å². The van der Waals surface area contributed by atoms with Crippen LogP contribution in [0.1, 0.15) is 17.4 Å². The molecule has 0 aliphatic carbocycles. The first kappa shape index (κ1) is 10.4. The van der Waals surface area contributed by atoms with Gasteiger partial charge in [-0.3, -0.25) is 4.57 Å². The fraction of sp³-hybridized carbons (Fsp3) is 0.182. The highest BCUT2D eigenvalue weighted by atomic mass is 16.5. The van der Waals surface area contributed by atoms with E-state index in [2.05, 4.69) is 9.97 Å². The van der Waals surface area contributed by atoms with E-state index in [4.69, 9.17) is 4.74 Å². The first-order valence-electron chi connectivity index (χ1n) is 4.93. The maximum absolute atomic E-state index is 11.5. The molecule has 5 nitrogen and oxygen atoms in total. The second-order valence-electron chi connectivity index (χ2n) is 3.07. The van der Waals surface area contributed by atoms with Gasteiger partial charge in [-0.25, -0.2) is 14.8 Å². The monoisotopic (exact) mass is 217 g/mol. The molecule has 0 amide bonds. The van der Waals surface area contributed by atoms with Gasteiger partial charge in [0.1, 0.15) is 12.1 Å². The number of nitrogens with zero attached hydrogens (tertiary/aromatic N) is 3. The summed E-state index contributed by atoms with van der Waals surface area (Å²) in [5.74, 6) is 0.229. The van der Waals surface area contributed by atoms with Crippen molar-refractivity contribution in [2.24, 2.45) is 0 Å². The van der Waals surface area contributed by atoms with Crippen LogP contribution in [0, 0.1) is 0 Å². The lowest BCUT2D eigenvalue weighted by Crippen LogP contribution is -2.08. The Balaban J connectivity index is 2.30. The fourth-order valence-electron chi connectivity index (χ4n) is 1.28. The summed E-state index contributed by atoms with van der Waals surface area (Å²) < 4.78 is 6.60. The number of carbonyl (C=O) groups excluding carboxylic acids is 1. The number of imidazole rings is 1. The Morgan fingerprint density at radius 1 is 1.50 bits per heavy atom. The summed E-state index contributed by atoms with van der Waals surface area (Å²) in [6.07, 6.45) is 5.03. The van der Waals surface area contributed by atoms with Crippen LogP contribution in [-0.2, 0) is 4.74 Å². The summed E-state index contributed by atoms with van der Waals surface area (Å²) in [5.41, 5.74) is 0.299. The van der Waals surface area contributed by atoms with Gasteiger partial charge in [0.05, 0.1) is 6.61 Å². The van der Waals surface area contributed by atoms with Gasteiger partial charge in [0.25, 0.3) is 0 Å². The van der Waals surface area contributed by atoms with Gasteiger partial charge < -0.3 is 4.74 Å². The zero-order valence-corrected chi connectivity index (χ0v) is 8.83. The molecule has 0 saturated heterocycles. The van der Waals surface area contributed by atoms with Crippen LogP contribution in [-0.4, -0.2) is 27.1 Å². The van der Waals surface area contributed by atoms with E-state index in [0.29, 0.717) is 18.1 Å². The van der Waals surface area contributed by atoms with Gasteiger partial charge in [-0.05, 0) is 19.1 Å². The lowest BCUT2D eigenvalue weighted by Gasteiger charge is -2.04. The number of aromatic nitrogens is 3. The van der Waals surface area contributed by atoms with Crippen molar-refractivity contribution in [1.82, 2.24) is 14.5 Å². The van der Waals surface area contributed by atoms with Crippen molar-refractivity contribution in [2.75, 3.05) is 6.61 Å². The number of esters is 1. The van der Waals surface area contributed by atoms with Gasteiger partial charge >= 0.3 is 5.97 Å². The molecule has 0 radical (unpaired) electrons. The minimum atomic E-state index is -0.413. The maximum atomic E-state index is 11.5. The Bertz CT molecular complexity index is 480. The van der Waals surface area contributed by atoms with Crippen molar-refractivity contribution in [2.45, 2.75) is 6.92 Å². The summed E-state index contributed by atoms with van der Waals surface area (Å²) in [4.78, 5) is 19.6. The van der Waals surface area contributed by atoms with E-state index in [0.717, 1.165) is 0 Å². The highest BCUT2D eigenvalue weighted by molar-refractivity contribution is 5.87. The van der Waals surface area contributed by atoms with E-state index in [1.807, 2.05) is 0 Å². The first-order chi connectivity index (χ1) is 7.81. The fourth-order valence-corrected chi connectivity index (χ4v) is 1.28. The summed E-state index contributed by atoms with van der Waals surface area (Å²) in [6.45, 7) is 2.10. The zero-order chi connectivity index (χ0) is 11.4. The van der Waals surface area contributed by atoms with E-state index in [9.17, 15) is 4.79 Å². The smallest absolute Gasteiger partial charge is 0.356 e. The lowest BCUT2D eigenvalue weighted by atomic mass is 10.3. The summed E-state index contributed by atoms with van der Waals surface area (Å²) in [5, 5.41) is 0. The minimum Gasteiger partial charge on any atom is -0.461 e. The highest BCUT2D eigenvalue weighted by Crippen LogP contribution is 2.06. The van der Waals surface area contributed by atoms with E-state index in [1.165, 1.54) is 0 Å². The third kappa shape index (κ3) is 2.08. The predicted molar refractivity (Wildman–Crippen MR) is 57.3 cm³/mol. The molecule has 0 atom stereocenters. The molecule has 0 bridgehead atoms. The van der Waals surface area contributed by atoms with E-state index in [1.54, 1.807) is 48.4 Å². The molecular formula is C11H11N3O2. The largest absolute Gasteiger partial charge is 0.461 e. The third-order valence-electron chi connectivity index (χ3n) is 1.99. The van der Waals surface area contributed by atoms with Crippen LogP contribution in [0.25, 0.3) is 5.82 Å². The van der Waals surface area contributed by atoms with Crippen LogP contribution in [0.4, 0.5) is 0 Å². The zero-order valence-electron chi connectivity index (χ0n) is 8.83. The van der Waals surface area contributed by atoms with E-state index in [-0.39, 0.29) is 0 Å². The van der Waals surface area contributed by atoms with Crippen LogP contribution in [0.2, 0.25) is 0 Å². The Labute approximate surface area is 92.7 Å². The Morgan fingerprint density at radius 2 is 2.38 bits per heavy atom. The molecule has 2 rings (SSSR count). The maximum Gasteiger partial charge on any atom is 0.356 e. The lowest BCUT2D eigenvalue weighted by molar-refractivity contribution is 0.0519. The number of rotatable bonds is 3. The Kier molecular flexibility index (Phi) is 2.95. The van der Waals surface area contributed by atoms with Crippen LogP contribution < -0.4 is 0 Å². The van der Waals surface area contributed by atoms with Crippen LogP contribution in [0.5, 0.6) is 0 Å². The standard InChI is InChI=1S/C11H11N3O2/c1-2-16-11(15)9-4-3-5-10(13-9)14-7-6-12-8-14/h3-8H,2H2,1H3. The van der Waals surface area contributed by atoms with Gasteiger partial charge in [-0.15, -0.1) is 0 Å². The van der Waals surface area contributed by atoms with Gasteiger partial charge in [-0.2, -0.15) is 0 Å². The molecule has 0 spiro atoms. The molecule has 0 aromatic carbocycles. The first-order valence-corrected chi connectivity index (χ1v) is 4.93. The molecule has 5 heteroatoms. The summed E-state index contributed by atoms with van der Waals surface area (Å²) >= 11 is 0. The number of hydrogen-bond donors (Lipinski definition) is 0. The number of pyridine rings is 1. The summed E-state index contributed by atoms with van der Waals surface area (Å²) in [7, 11) is 0. The Hall–Kier alpha value is -2.17. The topological polar surface area (TPSA) is 57.0 Å². The predicted octanol–water partition coefficient (Wildman–Crippen LogP) is 1.44. The number of hydrogen-bond acceptors (Lipinski definition) is 4. The van der Waals surface area contributed by atoms with Crippen molar-refractivity contribution in [3.8, 4) is 5.82 Å². The van der Waals surface area contributed by atoms with Gasteiger partial charge in [0.15, 0.2) is 5.69 Å². The Morgan fingerprint density at radius 3 is 3.06 bits per heavy atom. The molecule has 2 aromatic heterocycles. The average Bonchev–Trinajstić information content (AvgIpc) is 2.83. The van der Waals surface area contributed by atoms with Gasteiger partial charge in [0, 0.05) is 12.4 Å². The molecule has 2 heterocycles. The molecule has 0 aliphatic rings. The second-order valence-corrected chi connectivity index (χ2v) is 3.07. The van der Waals surface area contributed by atoms with Crippen LogP contribution in [0.3, 0.4) is 0 Å². The number of ether oxygens (including phenoxy) is 1. The van der Waals surface area contributed by atoms with Gasteiger partial charge in [-0.1, -0.05) is 6.07 Å². The van der Waals surface area contributed by atoms with Crippen molar-refractivity contribution < 1.29 is 9.53 Å². The average molecular weight is 217 g/mol. The molecule has 0 aliphatic heterocycles. The summed E-state index contributed by atoms with van der Waals surface area (Å²) in [6, 6.07) is 5.18. The number of carbonyl (C=O) groups is 1. The highest BCUT2D eigenvalue weighted by Gasteiger charge is 2.08. The second kappa shape index (κ2) is 4.57. The SMILES string of the molecule is CCOC(=O)c1cccc(-n2ccnc2)n1. The molecule has 0 fully saturated rings. The third-order valence-corrected chi connectivity index (χ3v) is 1.99. The van der Waals surface area contributed by atoms with Crippen molar-refractivity contribution in [3.05, 3.63) is 42.6 Å². The minimum absolute atomic E-state index is 0.299. The normalized spacial score (nSPS) is 10.1.